The molecule has 6 nitrogen and oxygen atoms in total. The summed E-state index contributed by atoms with van der Waals surface area (Å²) in [5, 5.41) is 20.6. The van der Waals surface area contributed by atoms with Gasteiger partial charge in [-0.05, 0) is 57.2 Å². The summed E-state index contributed by atoms with van der Waals surface area (Å²) in [6.45, 7) is 5.96. The standard InChI is InChI=1S/C22H29N3O3.H2S/c1-13(26)12-23-22(17-7-5-4-6-8-17)18-11-16(9-10-19(18)24-21(22)27)20-14(2)25-28-15(20)3;/h9-11,13,17,23,26H,4-8,12H2,1-3H3,(H,24,27);1H2/t13-,22?;/m0./s1. The monoisotopic (exact) mass is 417 g/mol. The summed E-state index contributed by atoms with van der Waals surface area (Å²) in [4.78, 5) is 13.3. The van der Waals surface area contributed by atoms with Gasteiger partial charge in [0.15, 0.2) is 0 Å². The number of aliphatic hydroxyl groups is 1. The number of aromatic nitrogens is 1. The van der Waals surface area contributed by atoms with Crippen LogP contribution in [-0.2, 0) is 10.3 Å². The van der Waals surface area contributed by atoms with Crippen molar-refractivity contribution in [3.05, 3.63) is 35.2 Å². The van der Waals surface area contributed by atoms with E-state index >= 15 is 0 Å². The first-order valence-corrected chi connectivity index (χ1v) is 10.3. The molecule has 2 heterocycles. The number of amides is 1. The van der Waals surface area contributed by atoms with Gasteiger partial charge in [-0.3, -0.25) is 10.1 Å². The number of benzene rings is 1. The van der Waals surface area contributed by atoms with Gasteiger partial charge in [-0.25, -0.2) is 0 Å². The third-order valence-electron chi connectivity index (χ3n) is 6.27. The summed E-state index contributed by atoms with van der Waals surface area (Å²) in [5.41, 5.74) is 3.85. The van der Waals surface area contributed by atoms with Crippen molar-refractivity contribution in [2.45, 2.75) is 64.5 Å². The molecule has 0 bridgehead atoms. The first-order chi connectivity index (χ1) is 13.4. The van der Waals surface area contributed by atoms with Crippen LogP contribution in [0.5, 0.6) is 0 Å². The van der Waals surface area contributed by atoms with E-state index < -0.39 is 11.6 Å². The molecule has 1 fully saturated rings. The molecule has 3 N–H and O–H groups in total. The molecule has 0 saturated heterocycles. The smallest absolute Gasteiger partial charge is 0.249 e. The molecule has 1 saturated carbocycles. The molecule has 0 radical (unpaired) electrons. The minimum absolute atomic E-state index is 0. The Kier molecular flexibility index (Phi) is 6.41. The number of fused-ring (bicyclic) bond motifs is 1. The summed E-state index contributed by atoms with van der Waals surface area (Å²) in [7, 11) is 0. The van der Waals surface area contributed by atoms with Gasteiger partial charge in [0.1, 0.15) is 11.3 Å². The maximum Gasteiger partial charge on any atom is 0.249 e. The largest absolute Gasteiger partial charge is 0.392 e. The lowest BCUT2D eigenvalue weighted by molar-refractivity contribution is -0.125. The van der Waals surface area contributed by atoms with E-state index in [1.807, 2.05) is 26.0 Å². The predicted molar refractivity (Wildman–Crippen MR) is 118 cm³/mol. The van der Waals surface area contributed by atoms with Crippen LogP contribution in [-0.4, -0.2) is 28.8 Å². The fourth-order valence-electron chi connectivity index (χ4n) is 4.94. The maximum absolute atomic E-state index is 13.3. The summed E-state index contributed by atoms with van der Waals surface area (Å²) in [6.07, 6.45) is 4.98. The molecular weight excluding hydrogens is 386 g/mol. The third-order valence-corrected chi connectivity index (χ3v) is 6.27. The number of carbonyl (C=O) groups is 1. The lowest BCUT2D eigenvalue weighted by atomic mass is 9.71. The van der Waals surface area contributed by atoms with Crippen LogP contribution in [0.25, 0.3) is 11.1 Å². The van der Waals surface area contributed by atoms with Gasteiger partial charge in [-0.15, -0.1) is 0 Å². The molecule has 2 aromatic rings. The number of aryl methyl sites for hydroxylation is 2. The zero-order valence-electron chi connectivity index (χ0n) is 17.3. The molecule has 2 aliphatic rings. The molecule has 2 atom stereocenters. The molecule has 1 aromatic carbocycles. The highest BCUT2D eigenvalue weighted by Gasteiger charge is 2.52. The zero-order chi connectivity index (χ0) is 19.9. The van der Waals surface area contributed by atoms with E-state index in [0.29, 0.717) is 6.54 Å². The van der Waals surface area contributed by atoms with Crippen LogP contribution in [0.4, 0.5) is 5.69 Å². The van der Waals surface area contributed by atoms with Gasteiger partial charge in [-0.2, -0.15) is 13.5 Å². The van der Waals surface area contributed by atoms with Gasteiger partial charge < -0.3 is 14.9 Å². The third kappa shape index (κ3) is 3.71. The summed E-state index contributed by atoms with van der Waals surface area (Å²) in [6, 6.07) is 6.09. The Balaban J connectivity index is 0.00000240. The second-order valence-electron chi connectivity index (χ2n) is 8.29. The Morgan fingerprint density at radius 3 is 2.66 bits per heavy atom. The fraction of sp³-hybridized carbons (Fsp3) is 0.545. The van der Waals surface area contributed by atoms with Gasteiger partial charge in [-0.1, -0.05) is 30.5 Å². The molecule has 1 unspecified atom stereocenters. The second-order valence-corrected chi connectivity index (χ2v) is 8.29. The van der Waals surface area contributed by atoms with E-state index in [9.17, 15) is 9.90 Å². The first-order valence-electron chi connectivity index (χ1n) is 10.3. The van der Waals surface area contributed by atoms with Gasteiger partial charge in [0, 0.05) is 23.4 Å². The van der Waals surface area contributed by atoms with E-state index in [1.54, 1.807) is 6.92 Å². The number of aliphatic hydroxyl groups excluding tert-OH is 1. The van der Waals surface area contributed by atoms with Gasteiger partial charge in [0.05, 0.1) is 11.8 Å². The number of rotatable bonds is 5. The lowest BCUT2D eigenvalue weighted by Gasteiger charge is -2.39. The molecule has 7 heteroatoms. The van der Waals surface area contributed by atoms with Crippen LogP contribution in [0.15, 0.2) is 22.7 Å². The van der Waals surface area contributed by atoms with Crippen molar-refractivity contribution in [1.82, 2.24) is 10.5 Å². The molecule has 4 rings (SSSR count). The van der Waals surface area contributed by atoms with Crippen molar-refractivity contribution in [2.75, 3.05) is 11.9 Å². The summed E-state index contributed by atoms with van der Waals surface area (Å²) >= 11 is 0. The van der Waals surface area contributed by atoms with Gasteiger partial charge >= 0.3 is 0 Å². The van der Waals surface area contributed by atoms with Crippen LogP contribution in [0.1, 0.15) is 56.0 Å². The van der Waals surface area contributed by atoms with E-state index in [4.69, 9.17) is 4.52 Å². The van der Waals surface area contributed by atoms with Gasteiger partial charge in [0.25, 0.3) is 0 Å². The number of anilines is 1. The normalized spacial score (nSPS) is 22.7. The number of nitrogens with zero attached hydrogens (tertiary/aromatic N) is 1. The highest BCUT2D eigenvalue weighted by molar-refractivity contribution is 7.59. The van der Waals surface area contributed by atoms with Crippen molar-refractivity contribution < 1.29 is 14.4 Å². The maximum atomic E-state index is 13.3. The predicted octanol–water partition coefficient (Wildman–Crippen LogP) is 3.77. The Morgan fingerprint density at radius 1 is 1.31 bits per heavy atom. The molecule has 0 spiro atoms. The fourth-order valence-corrected chi connectivity index (χ4v) is 4.94. The minimum atomic E-state index is -0.804. The first kappa shape index (κ1) is 21.9. The Bertz CT molecular complexity index is 870. The molecule has 1 aromatic heterocycles. The van der Waals surface area contributed by atoms with Crippen molar-refractivity contribution in [1.29, 1.82) is 0 Å². The topological polar surface area (TPSA) is 87.4 Å². The Labute approximate surface area is 178 Å². The lowest BCUT2D eigenvalue weighted by Crippen LogP contribution is -2.55. The number of carbonyl (C=O) groups excluding carboxylic acids is 1. The molecular formula is C22H31N3O3S. The van der Waals surface area contributed by atoms with Gasteiger partial charge in [0.2, 0.25) is 5.91 Å². The zero-order valence-corrected chi connectivity index (χ0v) is 18.3. The Morgan fingerprint density at radius 2 is 2.03 bits per heavy atom. The highest BCUT2D eigenvalue weighted by Crippen LogP contribution is 2.47. The quantitative estimate of drug-likeness (QED) is 0.689. The number of nitrogens with one attached hydrogen (secondary N) is 2. The average molecular weight is 418 g/mol. The van der Waals surface area contributed by atoms with Crippen molar-refractivity contribution in [2.24, 2.45) is 5.92 Å². The molecule has 1 aliphatic heterocycles. The van der Waals surface area contributed by atoms with E-state index in [1.165, 1.54) is 6.42 Å². The SMILES string of the molecule is Cc1noc(C)c1-c1ccc2c(c1)C(NC[C@H](C)O)(C1CCCCC1)C(=O)N2.S. The molecule has 29 heavy (non-hydrogen) atoms. The van der Waals surface area contributed by atoms with Crippen LogP contribution in [0.2, 0.25) is 0 Å². The molecule has 158 valence electrons. The molecule has 1 amide bonds. The number of hydrogen-bond donors (Lipinski definition) is 3. The highest BCUT2D eigenvalue weighted by atomic mass is 32.1. The van der Waals surface area contributed by atoms with Crippen LogP contribution >= 0.6 is 13.5 Å². The average Bonchev–Trinajstić information content (AvgIpc) is 3.16. The summed E-state index contributed by atoms with van der Waals surface area (Å²) < 4.78 is 5.36. The Hall–Kier alpha value is -1.83. The van der Waals surface area contributed by atoms with E-state index in [2.05, 4.69) is 21.9 Å². The van der Waals surface area contributed by atoms with Crippen LogP contribution < -0.4 is 10.6 Å². The van der Waals surface area contributed by atoms with E-state index in [-0.39, 0.29) is 25.3 Å². The second kappa shape index (κ2) is 8.50. The van der Waals surface area contributed by atoms with Crippen LogP contribution in [0.3, 0.4) is 0 Å². The summed E-state index contributed by atoms with van der Waals surface area (Å²) in [5.74, 6) is 0.974. The van der Waals surface area contributed by atoms with E-state index in [0.717, 1.165) is 59.5 Å². The van der Waals surface area contributed by atoms with Crippen molar-refractivity contribution in [3.8, 4) is 11.1 Å². The minimum Gasteiger partial charge on any atom is -0.392 e. The molecule has 1 aliphatic carbocycles. The van der Waals surface area contributed by atoms with Crippen LogP contribution in [0, 0.1) is 19.8 Å². The van der Waals surface area contributed by atoms with Crippen molar-refractivity contribution in [3.63, 3.8) is 0 Å². The van der Waals surface area contributed by atoms with Crippen molar-refractivity contribution >= 4 is 25.1 Å². The number of hydrogen-bond acceptors (Lipinski definition) is 5.